The number of hydrogen-bond acceptors (Lipinski definition) is 4. The minimum atomic E-state index is -0.488. The fraction of sp³-hybridized carbons (Fsp3) is 0.375. The van der Waals surface area contributed by atoms with Gasteiger partial charge >= 0.3 is 0 Å². The van der Waals surface area contributed by atoms with E-state index in [0.717, 1.165) is 29.4 Å². The Morgan fingerprint density at radius 3 is 2.95 bits per heavy atom. The maximum absolute atomic E-state index is 12.3. The van der Waals surface area contributed by atoms with Gasteiger partial charge in [0, 0.05) is 30.5 Å². The Labute approximate surface area is 123 Å². The number of pyridine rings is 1. The highest BCUT2D eigenvalue weighted by Gasteiger charge is 2.26. The quantitative estimate of drug-likeness (QED) is 0.903. The number of anilines is 1. The van der Waals surface area contributed by atoms with Crippen molar-refractivity contribution in [2.45, 2.75) is 18.9 Å². The second kappa shape index (κ2) is 6.20. The van der Waals surface area contributed by atoms with E-state index in [9.17, 15) is 4.79 Å². The number of rotatable bonds is 3. The molecule has 3 rings (SSSR count). The molecule has 1 aromatic carbocycles. The Bertz CT molecular complexity index is 638. The summed E-state index contributed by atoms with van der Waals surface area (Å²) in [6, 6.07) is 9.02. The van der Waals surface area contributed by atoms with Gasteiger partial charge in [0.15, 0.2) is 0 Å². The average Bonchev–Trinajstić information content (AvgIpc) is 2.55. The van der Waals surface area contributed by atoms with Gasteiger partial charge in [0.25, 0.3) is 0 Å². The third-order valence-electron chi connectivity index (χ3n) is 3.95. The lowest BCUT2D eigenvalue weighted by molar-refractivity contribution is -0.119. The number of ether oxygens (including phenoxy) is 1. The third kappa shape index (κ3) is 3.20. The Kier molecular flexibility index (Phi) is 4.13. The lowest BCUT2D eigenvalue weighted by atomic mass is 9.92. The first kappa shape index (κ1) is 14.0. The van der Waals surface area contributed by atoms with Crippen molar-refractivity contribution in [1.82, 2.24) is 4.98 Å². The molecule has 1 aliphatic heterocycles. The molecular formula is C16H19N3O2. The predicted octanol–water partition coefficient (Wildman–Crippen LogP) is 1.93. The molecule has 5 nitrogen and oxygen atoms in total. The van der Waals surface area contributed by atoms with E-state index in [1.165, 1.54) is 0 Å². The molecule has 1 aromatic heterocycles. The molecule has 5 heteroatoms. The van der Waals surface area contributed by atoms with E-state index in [1.54, 1.807) is 6.20 Å². The van der Waals surface area contributed by atoms with Crippen LogP contribution in [0.2, 0.25) is 0 Å². The van der Waals surface area contributed by atoms with E-state index in [1.807, 2.05) is 30.3 Å². The smallest absolute Gasteiger partial charge is 0.241 e. The van der Waals surface area contributed by atoms with Gasteiger partial charge in [-0.15, -0.1) is 0 Å². The standard InChI is InChI=1S/C16H19N3O2/c17-15(11-5-8-21-9-6-11)16(20)19-13-3-4-14-12(10-13)2-1-7-18-14/h1-4,7,10-11,15H,5-6,8-9,17H2,(H,19,20). The zero-order valence-corrected chi connectivity index (χ0v) is 11.8. The summed E-state index contributed by atoms with van der Waals surface area (Å²) < 4.78 is 5.30. The molecule has 1 atom stereocenters. The number of hydrogen-bond donors (Lipinski definition) is 2. The number of nitrogens with one attached hydrogen (secondary N) is 1. The van der Waals surface area contributed by atoms with Gasteiger partial charge in [-0.1, -0.05) is 6.07 Å². The highest BCUT2D eigenvalue weighted by atomic mass is 16.5. The Morgan fingerprint density at radius 2 is 2.14 bits per heavy atom. The zero-order valence-electron chi connectivity index (χ0n) is 11.8. The van der Waals surface area contributed by atoms with Crippen LogP contribution in [-0.2, 0) is 9.53 Å². The van der Waals surface area contributed by atoms with Crippen molar-refractivity contribution in [2.24, 2.45) is 11.7 Å². The summed E-state index contributed by atoms with van der Waals surface area (Å²) in [5.41, 5.74) is 7.73. The molecule has 2 heterocycles. The van der Waals surface area contributed by atoms with E-state index in [0.29, 0.717) is 13.2 Å². The van der Waals surface area contributed by atoms with Gasteiger partial charge in [0.1, 0.15) is 0 Å². The van der Waals surface area contributed by atoms with Crippen LogP contribution in [-0.4, -0.2) is 30.1 Å². The van der Waals surface area contributed by atoms with Gasteiger partial charge in [0.05, 0.1) is 11.6 Å². The number of benzene rings is 1. The third-order valence-corrected chi connectivity index (χ3v) is 3.95. The van der Waals surface area contributed by atoms with E-state index in [4.69, 9.17) is 10.5 Å². The molecule has 1 saturated heterocycles. The van der Waals surface area contributed by atoms with Crippen LogP contribution in [0.3, 0.4) is 0 Å². The van der Waals surface area contributed by atoms with Crippen LogP contribution >= 0.6 is 0 Å². The van der Waals surface area contributed by atoms with E-state index in [-0.39, 0.29) is 11.8 Å². The zero-order chi connectivity index (χ0) is 14.7. The maximum Gasteiger partial charge on any atom is 0.241 e. The van der Waals surface area contributed by atoms with Crippen LogP contribution in [0, 0.1) is 5.92 Å². The summed E-state index contributed by atoms with van der Waals surface area (Å²) in [4.78, 5) is 16.5. The second-order valence-corrected chi connectivity index (χ2v) is 5.38. The summed E-state index contributed by atoms with van der Waals surface area (Å²) in [7, 11) is 0. The molecule has 1 amide bonds. The van der Waals surface area contributed by atoms with Crippen LogP contribution in [0.15, 0.2) is 36.5 Å². The Balaban J connectivity index is 1.70. The number of nitrogens with two attached hydrogens (primary N) is 1. The van der Waals surface area contributed by atoms with E-state index < -0.39 is 6.04 Å². The molecule has 1 aliphatic rings. The summed E-state index contributed by atoms with van der Waals surface area (Å²) in [5, 5.41) is 3.89. The highest BCUT2D eigenvalue weighted by Crippen LogP contribution is 2.20. The first-order valence-electron chi connectivity index (χ1n) is 7.23. The molecule has 1 unspecified atom stereocenters. The molecule has 0 spiro atoms. The molecule has 0 aliphatic carbocycles. The summed E-state index contributed by atoms with van der Waals surface area (Å²) >= 11 is 0. The first-order chi connectivity index (χ1) is 10.2. The van der Waals surface area contributed by atoms with Gasteiger partial charge < -0.3 is 15.8 Å². The van der Waals surface area contributed by atoms with Crippen molar-refractivity contribution >= 4 is 22.5 Å². The minimum absolute atomic E-state index is 0.134. The summed E-state index contributed by atoms with van der Waals surface area (Å²) in [5.74, 6) is 0.0611. The second-order valence-electron chi connectivity index (χ2n) is 5.38. The SMILES string of the molecule is NC(C(=O)Nc1ccc2ncccc2c1)C1CCOCC1. The molecule has 2 aromatic rings. The molecule has 3 N–H and O–H groups in total. The normalized spacial score (nSPS) is 17.6. The van der Waals surface area contributed by atoms with Gasteiger partial charge in [-0.25, -0.2) is 0 Å². The molecule has 1 fully saturated rings. The Morgan fingerprint density at radius 1 is 1.33 bits per heavy atom. The van der Waals surface area contributed by atoms with Crippen molar-refractivity contribution in [3.8, 4) is 0 Å². The monoisotopic (exact) mass is 285 g/mol. The van der Waals surface area contributed by atoms with Gasteiger partial charge in [-0.3, -0.25) is 9.78 Å². The van der Waals surface area contributed by atoms with Crippen molar-refractivity contribution in [2.75, 3.05) is 18.5 Å². The lowest BCUT2D eigenvalue weighted by Gasteiger charge is -2.26. The first-order valence-corrected chi connectivity index (χ1v) is 7.23. The van der Waals surface area contributed by atoms with Crippen molar-refractivity contribution in [1.29, 1.82) is 0 Å². The minimum Gasteiger partial charge on any atom is -0.381 e. The van der Waals surface area contributed by atoms with Crippen LogP contribution in [0.5, 0.6) is 0 Å². The van der Waals surface area contributed by atoms with Crippen molar-refractivity contribution in [3.63, 3.8) is 0 Å². The fourth-order valence-electron chi connectivity index (χ4n) is 2.67. The van der Waals surface area contributed by atoms with Gasteiger partial charge in [-0.05, 0) is 43.0 Å². The van der Waals surface area contributed by atoms with E-state index in [2.05, 4.69) is 10.3 Å². The van der Waals surface area contributed by atoms with Crippen LogP contribution in [0.25, 0.3) is 10.9 Å². The van der Waals surface area contributed by atoms with E-state index >= 15 is 0 Å². The molecule has 0 radical (unpaired) electrons. The number of fused-ring (bicyclic) bond motifs is 1. The Hall–Kier alpha value is -1.98. The van der Waals surface area contributed by atoms with Gasteiger partial charge in [0.2, 0.25) is 5.91 Å². The molecule has 110 valence electrons. The molecule has 21 heavy (non-hydrogen) atoms. The number of carbonyl (C=O) groups excluding carboxylic acids is 1. The lowest BCUT2D eigenvalue weighted by Crippen LogP contribution is -2.43. The molecule has 0 saturated carbocycles. The molecular weight excluding hydrogens is 266 g/mol. The van der Waals surface area contributed by atoms with Crippen molar-refractivity contribution in [3.05, 3.63) is 36.5 Å². The van der Waals surface area contributed by atoms with Crippen LogP contribution in [0.1, 0.15) is 12.8 Å². The predicted molar refractivity (Wildman–Crippen MR) is 81.9 cm³/mol. The number of amides is 1. The fourth-order valence-corrected chi connectivity index (χ4v) is 2.67. The number of carbonyl (C=O) groups is 1. The van der Waals surface area contributed by atoms with Crippen molar-refractivity contribution < 1.29 is 9.53 Å². The van der Waals surface area contributed by atoms with Crippen LogP contribution < -0.4 is 11.1 Å². The average molecular weight is 285 g/mol. The highest BCUT2D eigenvalue weighted by molar-refractivity contribution is 5.96. The van der Waals surface area contributed by atoms with Crippen LogP contribution in [0.4, 0.5) is 5.69 Å². The topological polar surface area (TPSA) is 77.2 Å². The summed E-state index contributed by atoms with van der Waals surface area (Å²) in [6.45, 7) is 1.38. The number of aromatic nitrogens is 1. The number of nitrogens with zero attached hydrogens (tertiary/aromatic N) is 1. The maximum atomic E-state index is 12.3. The summed E-state index contributed by atoms with van der Waals surface area (Å²) in [6.07, 6.45) is 3.44. The largest absolute Gasteiger partial charge is 0.381 e. The molecule has 0 bridgehead atoms. The van der Waals surface area contributed by atoms with Gasteiger partial charge in [-0.2, -0.15) is 0 Å².